The molecule has 0 aromatic rings. The van der Waals surface area contributed by atoms with Gasteiger partial charge in [-0.25, -0.2) is 0 Å². The fraction of sp³-hybridized carbons (Fsp3) is 0.833. The van der Waals surface area contributed by atoms with Crippen molar-refractivity contribution in [1.29, 1.82) is 0 Å². The minimum absolute atomic E-state index is 0.000515. The standard InChI is InChI=1S/C12H21NO4/c1-16-8-6-11(14)13-7-4-3-5-10(13)9-12(15)17-2/h10H,3-9H2,1-2H3. The van der Waals surface area contributed by atoms with Crippen LogP contribution in [0.25, 0.3) is 0 Å². The maximum atomic E-state index is 11.9. The van der Waals surface area contributed by atoms with Gasteiger partial charge >= 0.3 is 5.97 Å². The summed E-state index contributed by atoms with van der Waals surface area (Å²) in [6.07, 6.45) is 3.64. The summed E-state index contributed by atoms with van der Waals surface area (Å²) in [6, 6.07) is 0.000515. The molecule has 98 valence electrons. The lowest BCUT2D eigenvalue weighted by atomic mass is 9.99. The van der Waals surface area contributed by atoms with Crippen LogP contribution < -0.4 is 0 Å². The summed E-state index contributed by atoms with van der Waals surface area (Å²) < 4.78 is 9.56. The molecule has 0 aromatic heterocycles. The van der Waals surface area contributed by atoms with Crippen LogP contribution in [0.3, 0.4) is 0 Å². The highest BCUT2D eigenvalue weighted by Gasteiger charge is 2.28. The smallest absolute Gasteiger partial charge is 0.307 e. The molecule has 1 saturated heterocycles. The second kappa shape index (κ2) is 7.27. The van der Waals surface area contributed by atoms with Gasteiger partial charge in [0.15, 0.2) is 0 Å². The van der Waals surface area contributed by atoms with E-state index in [0.29, 0.717) is 19.4 Å². The number of rotatable bonds is 5. The van der Waals surface area contributed by atoms with Crippen LogP contribution >= 0.6 is 0 Å². The first-order valence-electron chi connectivity index (χ1n) is 6.04. The van der Waals surface area contributed by atoms with E-state index in [1.807, 2.05) is 0 Å². The van der Waals surface area contributed by atoms with Gasteiger partial charge in [-0.2, -0.15) is 0 Å². The molecule has 5 heteroatoms. The van der Waals surface area contributed by atoms with Gasteiger partial charge in [0.05, 0.1) is 26.6 Å². The van der Waals surface area contributed by atoms with E-state index in [1.54, 1.807) is 12.0 Å². The average Bonchev–Trinajstić information content (AvgIpc) is 2.36. The molecular formula is C12H21NO4. The van der Waals surface area contributed by atoms with Crippen LogP contribution in [-0.4, -0.2) is 50.2 Å². The highest BCUT2D eigenvalue weighted by Crippen LogP contribution is 2.20. The highest BCUT2D eigenvalue weighted by atomic mass is 16.5. The van der Waals surface area contributed by atoms with Crippen LogP contribution in [0.4, 0.5) is 0 Å². The summed E-state index contributed by atoms with van der Waals surface area (Å²) in [5, 5.41) is 0. The number of ether oxygens (including phenoxy) is 2. The Morgan fingerprint density at radius 2 is 2.06 bits per heavy atom. The average molecular weight is 243 g/mol. The lowest BCUT2D eigenvalue weighted by molar-refractivity contribution is -0.144. The third-order valence-corrected chi connectivity index (χ3v) is 3.10. The number of amides is 1. The van der Waals surface area contributed by atoms with Gasteiger partial charge in [0.1, 0.15) is 0 Å². The fourth-order valence-electron chi connectivity index (χ4n) is 2.15. The number of nitrogens with zero attached hydrogens (tertiary/aromatic N) is 1. The summed E-state index contributed by atoms with van der Waals surface area (Å²) >= 11 is 0. The molecule has 0 bridgehead atoms. The topological polar surface area (TPSA) is 55.8 Å². The van der Waals surface area contributed by atoms with Crippen molar-refractivity contribution < 1.29 is 19.1 Å². The van der Waals surface area contributed by atoms with Crippen LogP contribution in [0, 0.1) is 0 Å². The molecule has 1 atom stereocenters. The summed E-state index contributed by atoms with van der Waals surface area (Å²) in [7, 11) is 2.96. The van der Waals surface area contributed by atoms with Crippen molar-refractivity contribution in [1.82, 2.24) is 4.90 Å². The molecule has 0 saturated carbocycles. The van der Waals surface area contributed by atoms with Crippen molar-refractivity contribution >= 4 is 11.9 Å². The van der Waals surface area contributed by atoms with Gasteiger partial charge in [0.25, 0.3) is 0 Å². The third-order valence-electron chi connectivity index (χ3n) is 3.10. The zero-order valence-corrected chi connectivity index (χ0v) is 10.6. The molecule has 17 heavy (non-hydrogen) atoms. The molecule has 1 aliphatic rings. The minimum atomic E-state index is -0.249. The summed E-state index contributed by atoms with van der Waals surface area (Å²) in [6.45, 7) is 1.17. The Bertz CT molecular complexity index is 267. The molecule has 0 N–H and O–H groups in total. The Labute approximate surface area is 102 Å². The molecule has 0 radical (unpaired) electrons. The maximum absolute atomic E-state index is 11.9. The summed E-state index contributed by atoms with van der Waals surface area (Å²) in [4.78, 5) is 25.0. The van der Waals surface area contributed by atoms with Crippen molar-refractivity contribution in [3.63, 3.8) is 0 Å². The van der Waals surface area contributed by atoms with Gasteiger partial charge in [0, 0.05) is 19.7 Å². The van der Waals surface area contributed by atoms with E-state index in [0.717, 1.165) is 25.8 Å². The number of carbonyl (C=O) groups excluding carboxylic acids is 2. The largest absolute Gasteiger partial charge is 0.469 e. The van der Waals surface area contributed by atoms with Crippen molar-refractivity contribution in [3.05, 3.63) is 0 Å². The van der Waals surface area contributed by atoms with E-state index in [1.165, 1.54) is 7.11 Å². The summed E-state index contributed by atoms with van der Waals surface area (Å²) in [5.74, 6) is -0.179. The predicted octanol–water partition coefficient (Wildman–Crippen LogP) is 0.967. The van der Waals surface area contributed by atoms with Gasteiger partial charge in [-0.3, -0.25) is 9.59 Å². The van der Waals surface area contributed by atoms with Crippen molar-refractivity contribution in [3.8, 4) is 0 Å². The van der Waals surface area contributed by atoms with Crippen LogP contribution in [0.1, 0.15) is 32.1 Å². The SMILES string of the molecule is COCCC(=O)N1CCCCC1CC(=O)OC. The summed E-state index contributed by atoms with van der Waals surface area (Å²) in [5.41, 5.74) is 0. The Balaban J connectivity index is 2.52. The normalized spacial score (nSPS) is 20.1. The highest BCUT2D eigenvalue weighted by molar-refractivity contribution is 5.78. The van der Waals surface area contributed by atoms with E-state index in [9.17, 15) is 9.59 Å². The van der Waals surface area contributed by atoms with Crippen molar-refractivity contribution in [2.24, 2.45) is 0 Å². The first-order chi connectivity index (χ1) is 8.19. The zero-order valence-electron chi connectivity index (χ0n) is 10.6. The van der Waals surface area contributed by atoms with Crippen LogP contribution in [0.5, 0.6) is 0 Å². The number of esters is 1. The Hall–Kier alpha value is -1.10. The van der Waals surface area contributed by atoms with Crippen LogP contribution in [0.2, 0.25) is 0 Å². The Morgan fingerprint density at radius 3 is 2.71 bits per heavy atom. The Morgan fingerprint density at radius 1 is 1.29 bits per heavy atom. The predicted molar refractivity (Wildman–Crippen MR) is 62.5 cm³/mol. The van der Waals surface area contributed by atoms with E-state index in [-0.39, 0.29) is 17.9 Å². The molecule has 5 nitrogen and oxygen atoms in total. The number of methoxy groups -OCH3 is 2. The quantitative estimate of drug-likeness (QED) is 0.675. The molecule has 1 rings (SSSR count). The second-order valence-electron chi connectivity index (χ2n) is 4.26. The minimum Gasteiger partial charge on any atom is -0.469 e. The van der Waals surface area contributed by atoms with E-state index < -0.39 is 0 Å². The molecule has 0 aromatic carbocycles. The number of hydrogen-bond acceptors (Lipinski definition) is 4. The number of hydrogen-bond donors (Lipinski definition) is 0. The van der Waals surface area contributed by atoms with Crippen LogP contribution in [-0.2, 0) is 19.1 Å². The molecule has 0 spiro atoms. The van der Waals surface area contributed by atoms with Gasteiger partial charge in [-0.15, -0.1) is 0 Å². The van der Waals surface area contributed by atoms with E-state index in [4.69, 9.17) is 4.74 Å². The van der Waals surface area contributed by atoms with Gasteiger partial charge in [-0.1, -0.05) is 0 Å². The molecule has 1 heterocycles. The number of carbonyl (C=O) groups is 2. The third kappa shape index (κ3) is 4.34. The number of piperidine rings is 1. The Kier molecular flexibility index (Phi) is 5.97. The van der Waals surface area contributed by atoms with Crippen molar-refractivity contribution in [2.75, 3.05) is 27.4 Å². The first-order valence-corrected chi connectivity index (χ1v) is 6.04. The molecule has 1 unspecified atom stereocenters. The van der Waals surface area contributed by atoms with Gasteiger partial charge in [-0.05, 0) is 19.3 Å². The molecule has 1 amide bonds. The molecular weight excluding hydrogens is 222 g/mol. The molecule has 0 aliphatic carbocycles. The zero-order chi connectivity index (χ0) is 12.7. The van der Waals surface area contributed by atoms with E-state index in [2.05, 4.69) is 4.74 Å². The molecule has 1 fully saturated rings. The lowest BCUT2D eigenvalue weighted by Gasteiger charge is -2.35. The van der Waals surface area contributed by atoms with Crippen molar-refractivity contribution in [2.45, 2.75) is 38.1 Å². The maximum Gasteiger partial charge on any atom is 0.307 e. The van der Waals surface area contributed by atoms with Gasteiger partial charge in [0.2, 0.25) is 5.91 Å². The monoisotopic (exact) mass is 243 g/mol. The van der Waals surface area contributed by atoms with E-state index >= 15 is 0 Å². The molecule has 1 aliphatic heterocycles. The number of likely N-dealkylation sites (tertiary alicyclic amines) is 1. The van der Waals surface area contributed by atoms with Gasteiger partial charge < -0.3 is 14.4 Å². The second-order valence-corrected chi connectivity index (χ2v) is 4.26. The van der Waals surface area contributed by atoms with Crippen LogP contribution in [0.15, 0.2) is 0 Å². The first kappa shape index (κ1) is 14.0. The fourth-order valence-corrected chi connectivity index (χ4v) is 2.15. The lowest BCUT2D eigenvalue weighted by Crippen LogP contribution is -2.45.